The molecular formula is C36H42O6. The largest absolute Gasteiger partial charge is 0.508 e. The molecule has 2 aromatic carbocycles. The topological polar surface area (TPSA) is 112 Å². The van der Waals surface area contributed by atoms with Crippen LogP contribution in [0.5, 0.6) is 5.75 Å². The van der Waals surface area contributed by atoms with Crippen LogP contribution in [0.25, 0.3) is 11.1 Å². The van der Waals surface area contributed by atoms with Gasteiger partial charge < -0.3 is 15.3 Å². The molecule has 3 atom stereocenters. The maximum absolute atomic E-state index is 14.5. The fraction of sp³-hybridized carbons (Fsp3) is 0.472. The fourth-order valence-corrected chi connectivity index (χ4v) is 7.98. The normalized spacial score (nSPS) is 27.7. The number of phenols is 1. The van der Waals surface area contributed by atoms with Crippen LogP contribution in [0, 0.1) is 10.8 Å². The molecule has 42 heavy (non-hydrogen) atoms. The molecule has 3 aliphatic rings. The van der Waals surface area contributed by atoms with Gasteiger partial charge in [-0.15, -0.1) is 0 Å². The highest BCUT2D eigenvalue weighted by Gasteiger charge is 2.67. The number of hydrogen-bond acceptors (Lipinski definition) is 6. The average molecular weight is 571 g/mol. The zero-order valence-electron chi connectivity index (χ0n) is 26.2. The van der Waals surface area contributed by atoms with Crippen LogP contribution in [0.1, 0.15) is 108 Å². The number of hydrogen-bond donors (Lipinski definition) is 3. The first-order valence-corrected chi connectivity index (χ1v) is 14.7. The molecule has 0 aliphatic heterocycles. The van der Waals surface area contributed by atoms with Crippen molar-refractivity contribution in [2.24, 2.45) is 10.8 Å². The third kappa shape index (κ3) is 3.98. The molecule has 0 saturated heterocycles. The molecule has 0 amide bonds. The molecule has 5 rings (SSSR count). The number of fused-ring (bicyclic) bond motifs is 3. The van der Waals surface area contributed by atoms with Gasteiger partial charge in [-0.2, -0.15) is 0 Å². The quantitative estimate of drug-likeness (QED) is 0.341. The van der Waals surface area contributed by atoms with Gasteiger partial charge >= 0.3 is 0 Å². The van der Waals surface area contributed by atoms with Gasteiger partial charge in [0, 0.05) is 22.0 Å². The van der Waals surface area contributed by atoms with Gasteiger partial charge in [0.2, 0.25) is 5.78 Å². The minimum Gasteiger partial charge on any atom is -0.508 e. The number of rotatable bonds is 3. The number of aliphatic hydroxyl groups is 2. The summed E-state index contributed by atoms with van der Waals surface area (Å²) in [5, 5.41) is 35.5. The lowest BCUT2D eigenvalue weighted by Gasteiger charge is -2.56. The molecular weight excluding hydrogens is 528 g/mol. The average Bonchev–Trinajstić information content (AvgIpc) is 2.85. The number of aromatic hydroxyl groups is 1. The lowest BCUT2D eigenvalue weighted by molar-refractivity contribution is -0.157. The van der Waals surface area contributed by atoms with Crippen molar-refractivity contribution in [3.05, 3.63) is 75.1 Å². The Labute approximate surface area is 248 Å². The van der Waals surface area contributed by atoms with Crippen molar-refractivity contribution >= 4 is 17.3 Å². The van der Waals surface area contributed by atoms with Gasteiger partial charge in [0.15, 0.2) is 17.2 Å². The lowest BCUT2D eigenvalue weighted by atomic mass is 9.47. The van der Waals surface area contributed by atoms with Crippen molar-refractivity contribution in [1.82, 2.24) is 0 Å². The van der Waals surface area contributed by atoms with Gasteiger partial charge in [0.05, 0.1) is 11.1 Å². The van der Waals surface area contributed by atoms with E-state index in [4.69, 9.17) is 0 Å². The summed E-state index contributed by atoms with van der Waals surface area (Å²) in [6.07, 6.45) is 0.758. The van der Waals surface area contributed by atoms with Gasteiger partial charge in [-0.25, -0.2) is 0 Å². The molecule has 0 radical (unpaired) electrons. The molecule has 0 saturated carbocycles. The Morgan fingerprint density at radius 2 is 1.60 bits per heavy atom. The maximum Gasteiger partial charge on any atom is 0.206 e. The second-order valence-corrected chi connectivity index (χ2v) is 14.7. The lowest BCUT2D eigenvalue weighted by Crippen LogP contribution is -2.63. The summed E-state index contributed by atoms with van der Waals surface area (Å²) >= 11 is 0. The van der Waals surface area contributed by atoms with E-state index in [0.29, 0.717) is 29.0 Å². The first-order valence-electron chi connectivity index (χ1n) is 14.7. The smallest absolute Gasteiger partial charge is 0.206 e. The van der Waals surface area contributed by atoms with E-state index in [9.17, 15) is 29.7 Å². The van der Waals surface area contributed by atoms with Gasteiger partial charge in [-0.3, -0.25) is 14.4 Å². The molecule has 0 bridgehead atoms. The van der Waals surface area contributed by atoms with E-state index < -0.39 is 45.0 Å². The van der Waals surface area contributed by atoms with Crippen LogP contribution in [0.3, 0.4) is 0 Å². The fourth-order valence-electron chi connectivity index (χ4n) is 7.98. The molecule has 0 fully saturated rings. The Morgan fingerprint density at radius 3 is 2.12 bits per heavy atom. The molecule has 2 aromatic rings. The van der Waals surface area contributed by atoms with E-state index >= 15 is 0 Å². The van der Waals surface area contributed by atoms with Crippen molar-refractivity contribution < 1.29 is 29.7 Å². The van der Waals surface area contributed by atoms with Gasteiger partial charge in [-0.1, -0.05) is 78.3 Å². The summed E-state index contributed by atoms with van der Waals surface area (Å²) in [5.41, 5.74) is -0.316. The molecule has 3 N–H and O–H groups in total. The van der Waals surface area contributed by atoms with E-state index in [0.717, 1.165) is 11.1 Å². The third-order valence-corrected chi connectivity index (χ3v) is 9.95. The number of phenolic OH excluding ortho intramolecular Hbond substituents is 1. The Bertz CT molecular complexity index is 1630. The zero-order chi connectivity index (χ0) is 31.3. The molecule has 3 aliphatic carbocycles. The van der Waals surface area contributed by atoms with E-state index in [1.54, 1.807) is 13.8 Å². The molecule has 0 aromatic heterocycles. The summed E-state index contributed by atoms with van der Waals surface area (Å²) in [6, 6.07) is 10.2. The number of Topliss-reactive ketones (excluding diaryl/α,β-unsaturated/α-hetero) is 3. The number of carbonyl (C=O) groups is 3. The van der Waals surface area contributed by atoms with E-state index in [2.05, 4.69) is 26.0 Å². The predicted octanol–water partition coefficient (Wildman–Crippen LogP) is 7.06. The second-order valence-electron chi connectivity index (χ2n) is 14.7. The molecule has 6 heteroatoms. The summed E-state index contributed by atoms with van der Waals surface area (Å²) < 4.78 is 0. The second kappa shape index (κ2) is 9.24. The highest BCUT2D eigenvalue weighted by atomic mass is 16.3. The third-order valence-electron chi connectivity index (χ3n) is 9.95. The molecule has 0 spiro atoms. The molecule has 0 heterocycles. The highest BCUT2D eigenvalue weighted by Crippen LogP contribution is 2.63. The summed E-state index contributed by atoms with van der Waals surface area (Å²) in [5.74, 6) is -2.45. The molecule has 222 valence electrons. The van der Waals surface area contributed by atoms with E-state index in [-0.39, 0.29) is 35.3 Å². The Morgan fingerprint density at radius 1 is 1.00 bits per heavy atom. The van der Waals surface area contributed by atoms with E-state index in [1.165, 1.54) is 12.5 Å². The van der Waals surface area contributed by atoms with E-state index in [1.807, 2.05) is 45.9 Å². The molecule has 6 nitrogen and oxygen atoms in total. The standard InChI is InChI=1S/C36H42O6/c1-18(2)21-10-12-22(13-11-21)23-14-25(33(5,6)7)29(38)27-24(23)16-34(8)17-35(9)15-19(3)26(20(4)37)31(40)36(35,42)32(41)28(34)30(27)39/h10-14,18,38,41-42H,15-17H2,1-9H3/t34-,35+,36+/m1/s1. The first kappa shape index (κ1) is 30.0. The Kier molecular flexibility index (Phi) is 6.59. The highest BCUT2D eigenvalue weighted by molar-refractivity contribution is 6.25. The Balaban J connectivity index is 1.81. The zero-order valence-corrected chi connectivity index (χ0v) is 26.2. The van der Waals surface area contributed by atoms with Crippen LogP contribution in [-0.4, -0.2) is 38.3 Å². The molecule has 0 unspecified atom stereocenters. The number of aliphatic hydroxyl groups excluding tert-OH is 1. The number of carbonyl (C=O) groups excluding carboxylic acids is 3. The van der Waals surface area contributed by atoms with Crippen LogP contribution in [0.4, 0.5) is 0 Å². The van der Waals surface area contributed by atoms with Gasteiger partial charge in [-0.05, 0) is 72.8 Å². The van der Waals surface area contributed by atoms with Gasteiger partial charge in [0.25, 0.3) is 0 Å². The minimum absolute atomic E-state index is 0.0618. The van der Waals surface area contributed by atoms with Crippen molar-refractivity contribution in [1.29, 1.82) is 0 Å². The van der Waals surface area contributed by atoms with Crippen LogP contribution < -0.4 is 0 Å². The summed E-state index contributed by atoms with van der Waals surface area (Å²) in [6.45, 7) is 16.8. The van der Waals surface area contributed by atoms with Crippen molar-refractivity contribution in [2.75, 3.05) is 0 Å². The SMILES string of the molecule is CC(=O)C1=C(C)C[C@@]2(C)C[C@@]3(C)Cc4c(-c5ccc(C(C)C)cc5)cc(C(C)(C)C)c(O)c4C(=O)C3=C(O)[C@@]2(O)C1=O. The monoisotopic (exact) mass is 570 g/mol. The van der Waals surface area contributed by atoms with Crippen LogP contribution in [0.15, 0.2) is 52.8 Å². The van der Waals surface area contributed by atoms with Crippen molar-refractivity contribution in [3.8, 4) is 16.9 Å². The minimum atomic E-state index is -2.43. The Hall–Kier alpha value is -3.51. The summed E-state index contributed by atoms with van der Waals surface area (Å²) in [4.78, 5) is 40.7. The number of benzene rings is 2. The van der Waals surface area contributed by atoms with Crippen LogP contribution in [-0.2, 0) is 21.4 Å². The number of allylic oxidation sites excluding steroid dienone is 2. The van der Waals surface area contributed by atoms with Crippen LogP contribution >= 0.6 is 0 Å². The maximum atomic E-state index is 14.5. The van der Waals surface area contributed by atoms with Crippen molar-refractivity contribution in [3.63, 3.8) is 0 Å². The van der Waals surface area contributed by atoms with Crippen molar-refractivity contribution in [2.45, 2.75) is 98.5 Å². The predicted molar refractivity (Wildman–Crippen MR) is 163 cm³/mol. The van der Waals surface area contributed by atoms with Crippen LogP contribution in [0.2, 0.25) is 0 Å². The van der Waals surface area contributed by atoms with Gasteiger partial charge in [0.1, 0.15) is 11.5 Å². The number of ketones is 3. The first-order chi connectivity index (χ1) is 19.3. The summed E-state index contributed by atoms with van der Waals surface area (Å²) in [7, 11) is 0.